The van der Waals surface area contributed by atoms with E-state index in [0.29, 0.717) is 5.92 Å². The Balaban J connectivity index is 2.21. The van der Waals surface area contributed by atoms with Gasteiger partial charge in [-0.25, -0.2) is 0 Å². The molecule has 1 aliphatic heterocycles. The van der Waals surface area contributed by atoms with Crippen molar-refractivity contribution in [1.82, 2.24) is 5.32 Å². The van der Waals surface area contributed by atoms with Crippen LogP contribution >= 0.6 is 0 Å². The Labute approximate surface area is 111 Å². The van der Waals surface area contributed by atoms with Crippen molar-refractivity contribution < 1.29 is 4.74 Å². The Morgan fingerprint density at radius 1 is 1.00 bits per heavy atom. The van der Waals surface area contributed by atoms with Gasteiger partial charge in [0.2, 0.25) is 0 Å². The topological polar surface area (TPSA) is 21.3 Å². The van der Waals surface area contributed by atoms with Gasteiger partial charge < -0.3 is 10.1 Å². The highest BCUT2D eigenvalue weighted by Crippen LogP contribution is 2.39. The highest BCUT2D eigenvalue weighted by atomic mass is 16.5. The average Bonchev–Trinajstić information content (AvgIpc) is 2.25. The van der Waals surface area contributed by atoms with Gasteiger partial charge in [-0.05, 0) is 64.2 Å². The minimum Gasteiger partial charge on any atom is -0.497 e. The van der Waals surface area contributed by atoms with E-state index in [1.54, 1.807) is 7.11 Å². The fraction of sp³-hybridized carbons (Fsp3) is 0.625. The first-order chi connectivity index (χ1) is 8.31. The van der Waals surface area contributed by atoms with Crippen LogP contribution in [0.15, 0.2) is 24.3 Å². The van der Waals surface area contributed by atoms with E-state index in [1.165, 1.54) is 18.4 Å². The van der Waals surface area contributed by atoms with Gasteiger partial charge in [0.25, 0.3) is 0 Å². The number of hydrogen-bond donors (Lipinski definition) is 1. The summed E-state index contributed by atoms with van der Waals surface area (Å²) in [4.78, 5) is 0. The smallest absolute Gasteiger partial charge is 0.118 e. The molecule has 100 valence electrons. The third kappa shape index (κ3) is 3.05. The molecule has 2 heteroatoms. The van der Waals surface area contributed by atoms with Gasteiger partial charge in [0, 0.05) is 11.1 Å². The highest BCUT2D eigenvalue weighted by Gasteiger charge is 2.37. The quantitative estimate of drug-likeness (QED) is 0.860. The molecule has 1 heterocycles. The zero-order valence-corrected chi connectivity index (χ0v) is 12.2. The van der Waals surface area contributed by atoms with Gasteiger partial charge in [-0.3, -0.25) is 0 Å². The van der Waals surface area contributed by atoms with Crippen LogP contribution in [0.4, 0.5) is 0 Å². The molecule has 0 unspecified atom stereocenters. The second kappa shape index (κ2) is 4.58. The van der Waals surface area contributed by atoms with E-state index in [9.17, 15) is 0 Å². The van der Waals surface area contributed by atoms with Crippen molar-refractivity contribution in [2.75, 3.05) is 7.11 Å². The van der Waals surface area contributed by atoms with Gasteiger partial charge >= 0.3 is 0 Å². The molecule has 2 rings (SSSR count). The second-order valence-corrected chi connectivity index (χ2v) is 6.77. The summed E-state index contributed by atoms with van der Waals surface area (Å²) >= 11 is 0. The van der Waals surface area contributed by atoms with E-state index in [4.69, 9.17) is 4.74 Å². The maximum atomic E-state index is 5.23. The Morgan fingerprint density at radius 3 is 1.94 bits per heavy atom. The first-order valence-electron chi connectivity index (χ1n) is 6.75. The molecule has 0 aliphatic carbocycles. The maximum Gasteiger partial charge on any atom is 0.118 e. The molecule has 0 radical (unpaired) electrons. The number of piperidine rings is 1. The largest absolute Gasteiger partial charge is 0.497 e. The number of benzene rings is 1. The summed E-state index contributed by atoms with van der Waals surface area (Å²) in [6, 6.07) is 8.55. The average molecular weight is 247 g/mol. The van der Waals surface area contributed by atoms with Crippen LogP contribution in [0, 0.1) is 0 Å². The second-order valence-electron chi connectivity index (χ2n) is 6.77. The summed E-state index contributed by atoms with van der Waals surface area (Å²) in [5, 5.41) is 3.73. The Bertz CT molecular complexity index is 390. The lowest BCUT2D eigenvalue weighted by Crippen LogP contribution is -2.57. The Morgan fingerprint density at radius 2 is 1.50 bits per heavy atom. The van der Waals surface area contributed by atoms with Crippen LogP contribution < -0.4 is 10.1 Å². The molecular formula is C16H25NO. The zero-order valence-electron chi connectivity index (χ0n) is 12.2. The van der Waals surface area contributed by atoms with Crippen LogP contribution in [0.1, 0.15) is 52.0 Å². The maximum absolute atomic E-state index is 5.23. The van der Waals surface area contributed by atoms with Crippen LogP contribution in [-0.2, 0) is 0 Å². The number of ether oxygens (including phenoxy) is 1. The van der Waals surface area contributed by atoms with Crippen molar-refractivity contribution in [3.63, 3.8) is 0 Å². The van der Waals surface area contributed by atoms with Crippen LogP contribution in [0.3, 0.4) is 0 Å². The predicted octanol–water partition coefficient (Wildman–Crippen LogP) is 3.72. The first-order valence-corrected chi connectivity index (χ1v) is 6.75. The van der Waals surface area contributed by atoms with Gasteiger partial charge in [0.15, 0.2) is 0 Å². The van der Waals surface area contributed by atoms with Crippen molar-refractivity contribution in [2.24, 2.45) is 0 Å². The number of hydrogen-bond acceptors (Lipinski definition) is 2. The number of nitrogens with one attached hydrogen (secondary N) is 1. The molecule has 1 fully saturated rings. The summed E-state index contributed by atoms with van der Waals surface area (Å²) in [6.07, 6.45) is 2.37. The first kappa shape index (κ1) is 13.4. The molecule has 1 aromatic carbocycles. The Hall–Kier alpha value is -1.02. The van der Waals surface area contributed by atoms with Crippen molar-refractivity contribution in [2.45, 2.75) is 57.5 Å². The molecule has 0 saturated carbocycles. The van der Waals surface area contributed by atoms with Crippen LogP contribution in [0.2, 0.25) is 0 Å². The summed E-state index contributed by atoms with van der Waals surface area (Å²) in [7, 11) is 1.71. The molecule has 0 aromatic heterocycles. The number of methoxy groups -OCH3 is 1. The van der Waals surface area contributed by atoms with Gasteiger partial charge in [0.1, 0.15) is 5.75 Å². The molecule has 0 bridgehead atoms. The third-order valence-corrected chi connectivity index (χ3v) is 3.78. The zero-order chi connectivity index (χ0) is 13.4. The normalized spacial score (nSPS) is 22.7. The molecule has 1 N–H and O–H groups in total. The van der Waals surface area contributed by atoms with E-state index < -0.39 is 0 Å². The molecule has 1 aliphatic rings. The molecule has 0 amide bonds. The van der Waals surface area contributed by atoms with Crippen molar-refractivity contribution in [3.05, 3.63) is 29.8 Å². The molecular weight excluding hydrogens is 222 g/mol. The standard InChI is InChI=1S/C16H25NO/c1-15(2)10-13(11-16(3,4)17-15)12-6-8-14(18-5)9-7-12/h6-9,13,17H,10-11H2,1-5H3. The minimum absolute atomic E-state index is 0.201. The van der Waals surface area contributed by atoms with E-state index in [-0.39, 0.29) is 11.1 Å². The third-order valence-electron chi connectivity index (χ3n) is 3.78. The summed E-state index contributed by atoms with van der Waals surface area (Å²) in [5.74, 6) is 1.56. The Kier molecular flexibility index (Phi) is 3.41. The number of rotatable bonds is 2. The molecule has 0 spiro atoms. The molecule has 0 atom stereocenters. The van der Waals surface area contributed by atoms with Gasteiger partial charge in [0.05, 0.1) is 7.11 Å². The van der Waals surface area contributed by atoms with Crippen molar-refractivity contribution in [3.8, 4) is 5.75 Å². The van der Waals surface area contributed by atoms with E-state index in [2.05, 4.69) is 57.3 Å². The summed E-state index contributed by atoms with van der Waals surface area (Å²) in [5.41, 5.74) is 1.83. The van der Waals surface area contributed by atoms with E-state index in [1.807, 2.05) is 0 Å². The monoisotopic (exact) mass is 247 g/mol. The van der Waals surface area contributed by atoms with Gasteiger partial charge in [-0.2, -0.15) is 0 Å². The summed E-state index contributed by atoms with van der Waals surface area (Å²) in [6.45, 7) is 9.18. The predicted molar refractivity (Wildman–Crippen MR) is 76.3 cm³/mol. The lowest BCUT2D eigenvalue weighted by Gasteiger charge is -2.46. The molecule has 18 heavy (non-hydrogen) atoms. The van der Waals surface area contributed by atoms with Crippen molar-refractivity contribution in [1.29, 1.82) is 0 Å². The minimum atomic E-state index is 0.201. The van der Waals surface area contributed by atoms with Crippen LogP contribution in [0.5, 0.6) is 5.75 Å². The van der Waals surface area contributed by atoms with Gasteiger partial charge in [-0.1, -0.05) is 12.1 Å². The lowest BCUT2D eigenvalue weighted by molar-refractivity contribution is 0.162. The lowest BCUT2D eigenvalue weighted by atomic mass is 9.73. The van der Waals surface area contributed by atoms with Gasteiger partial charge in [-0.15, -0.1) is 0 Å². The highest BCUT2D eigenvalue weighted by molar-refractivity contribution is 5.30. The molecule has 1 saturated heterocycles. The molecule has 2 nitrogen and oxygen atoms in total. The fourth-order valence-electron chi connectivity index (χ4n) is 3.43. The van der Waals surface area contributed by atoms with E-state index in [0.717, 1.165) is 5.75 Å². The SMILES string of the molecule is COc1ccc(C2CC(C)(C)NC(C)(C)C2)cc1. The van der Waals surface area contributed by atoms with Crippen LogP contribution in [0.25, 0.3) is 0 Å². The van der Waals surface area contributed by atoms with E-state index >= 15 is 0 Å². The molecule has 1 aromatic rings. The van der Waals surface area contributed by atoms with Crippen LogP contribution in [-0.4, -0.2) is 18.2 Å². The summed E-state index contributed by atoms with van der Waals surface area (Å²) < 4.78 is 5.23. The van der Waals surface area contributed by atoms with Crippen molar-refractivity contribution >= 4 is 0 Å². The fourth-order valence-corrected chi connectivity index (χ4v) is 3.43.